The molecular weight excluding hydrogens is 360 g/mol. The maximum Gasteiger partial charge on any atom is 0.243 e. The Morgan fingerprint density at radius 3 is 1.79 bits per heavy atom. The van der Waals surface area contributed by atoms with Gasteiger partial charge in [-0.25, -0.2) is 0 Å². The van der Waals surface area contributed by atoms with E-state index in [0.717, 1.165) is 36.8 Å². The Morgan fingerprint density at radius 2 is 1.31 bits per heavy atom. The number of nitrogens with one attached hydrogen (secondary N) is 2. The molecule has 0 spiro atoms. The Bertz CT molecular complexity index is 743. The summed E-state index contributed by atoms with van der Waals surface area (Å²) in [6.07, 6.45) is 5.62. The molecule has 29 heavy (non-hydrogen) atoms. The van der Waals surface area contributed by atoms with E-state index in [1.54, 1.807) is 0 Å². The first-order valence-electron chi connectivity index (χ1n) is 10.8. The molecule has 1 saturated carbocycles. The van der Waals surface area contributed by atoms with Crippen LogP contribution in [0.4, 0.5) is 0 Å². The van der Waals surface area contributed by atoms with Gasteiger partial charge in [-0.15, -0.1) is 0 Å². The van der Waals surface area contributed by atoms with Crippen LogP contribution in [0.15, 0.2) is 60.7 Å². The van der Waals surface area contributed by atoms with Crippen molar-refractivity contribution in [3.8, 4) is 0 Å². The molecule has 1 atom stereocenters. The van der Waals surface area contributed by atoms with Crippen LogP contribution in [-0.4, -0.2) is 23.9 Å². The van der Waals surface area contributed by atoms with E-state index >= 15 is 0 Å². The molecule has 3 rings (SSSR count). The normalized spacial score (nSPS) is 15.9. The van der Waals surface area contributed by atoms with Crippen LogP contribution < -0.4 is 10.6 Å². The number of carbonyl (C=O) groups excluding carboxylic acids is 2. The van der Waals surface area contributed by atoms with Crippen molar-refractivity contribution in [2.45, 2.75) is 64.0 Å². The molecule has 2 N–H and O–H groups in total. The summed E-state index contributed by atoms with van der Waals surface area (Å²) in [4.78, 5) is 26.3. The molecule has 0 unspecified atom stereocenters. The summed E-state index contributed by atoms with van der Waals surface area (Å²) in [6.45, 7) is 3.96. The van der Waals surface area contributed by atoms with Crippen molar-refractivity contribution >= 4 is 11.8 Å². The number of hydrogen-bond donors (Lipinski definition) is 2. The number of hydrogen-bond acceptors (Lipinski definition) is 2. The first-order valence-corrected chi connectivity index (χ1v) is 10.8. The molecule has 1 fully saturated rings. The quantitative estimate of drug-likeness (QED) is 0.733. The van der Waals surface area contributed by atoms with Crippen LogP contribution in [0.2, 0.25) is 0 Å². The maximum absolute atomic E-state index is 13.4. The molecule has 0 aliphatic heterocycles. The van der Waals surface area contributed by atoms with Crippen molar-refractivity contribution in [1.29, 1.82) is 0 Å². The van der Waals surface area contributed by atoms with E-state index in [4.69, 9.17) is 0 Å². The smallest absolute Gasteiger partial charge is 0.243 e. The van der Waals surface area contributed by atoms with Crippen molar-refractivity contribution in [1.82, 2.24) is 10.6 Å². The molecule has 0 aromatic heterocycles. The third-order valence-corrected chi connectivity index (χ3v) is 5.73. The minimum absolute atomic E-state index is 0.00902. The summed E-state index contributed by atoms with van der Waals surface area (Å²) in [5, 5.41) is 6.22. The highest BCUT2D eigenvalue weighted by atomic mass is 16.2. The summed E-state index contributed by atoms with van der Waals surface area (Å²) in [5.74, 6) is -0.643. The van der Waals surface area contributed by atoms with E-state index in [2.05, 4.69) is 10.6 Å². The van der Waals surface area contributed by atoms with E-state index in [0.29, 0.717) is 0 Å². The van der Waals surface area contributed by atoms with E-state index in [1.807, 2.05) is 74.5 Å². The van der Waals surface area contributed by atoms with E-state index in [-0.39, 0.29) is 23.8 Å². The van der Waals surface area contributed by atoms with Crippen molar-refractivity contribution < 1.29 is 9.59 Å². The summed E-state index contributed by atoms with van der Waals surface area (Å²) >= 11 is 0. The van der Waals surface area contributed by atoms with Crippen LogP contribution in [0.1, 0.15) is 63.0 Å². The molecule has 4 heteroatoms. The van der Waals surface area contributed by atoms with Gasteiger partial charge >= 0.3 is 0 Å². The highest BCUT2D eigenvalue weighted by molar-refractivity contribution is 5.92. The second-order valence-electron chi connectivity index (χ2n) is 8.33. The van der Waals surface area contributed by atoms with Crippen LogP contribution >= 0.6 is 0 Å². The monoisotopic (exact) mass is 392 g/mol. The summed E-state index contributed by atoms with van der Waals surface area (Å²) < 4.78 is 0. The Morgan fingerprint density at radius 1 is 0.793 bits per heavy atom. The van der Waals surface area contributed by atoms with Gasteiger partial charge in [0.25, 0.3) is 0 Å². The average Bonchev–Trinajstić information content (AvgIpc) is 2.74. The highest BCUT2D eigenvalue weighted by Crippen LogP contribution is 2.25. The molecule has 0 bridgehead atoms. The molecule has 0 heterocycles. The first kappa shape index (κ1) is 21.1. The van der Waals surface area contributed by atoms with Gasteiger partial charge in [0, 0.05) is 6.04 Å². The standard InChI is InChI=1S/C25H32N2O2/c1-18(2)23(25(29)26-21-16-10-5-11-17-21)27-24(28)22(19-12-6-3-7-13-19)20-14-8-4-9-15-20/h3-4,6-9,12-15,18,21-23H,5,10-11,16-17H2,1-2H3,(H,26,29)(H,27,28)/t23-/m0/s1. The fourth-order valence-electron chi connectivity index (χ4n) is 4.10. The fourth-order valence-corrected chi connectivity index (χ4v) is 4.10. The van der Waals surface area contributed by atoms with E-state index < -0.39 is 12.0 Å². The Labute approximate surface area is 174 Å². The van der Waals surface area contributed by atoms with Crippen LogP contribution in [0.5, 0.6) is 0 Å². The zero-order valence-electron chi connectivity index (χ0n) is 17.4. The first-order chi connectivity index (χ1) is 14.1. The van der Waals surface area contributed by atoms with Crippen molar-refractivity contribution in [3.63, 3.8) is 0 Å². The van der Waals surface area contributed by atoms with Gasteiger partial charge in [-0.2, -0.15) is 0 Å². The van der Waals surface area contributed by atoms with Gasteiger partial charge in [0.15, 0.2) is 0 Å². The molecule has 0 radical (unpaired) electrons. The molecule has 0 saturated heterocycles. The minimum atomic E-state index is -0.542. The Hall–Kier alpha value is -2.62. The van der Waals surface area contributed by atoms with Crippen molar-refractivity contribution in [3.05, 3.63) is 71.8 Å². The second kappa shape index (κ2) is 10.2. The topological polar surface area (TPSA) is 58.2 Å². The van der Waals surface area contributed by atoms with Crippen LogP contribution in [0, 0.1) is 5.92 Å². The molecule has 2 aromatic carbocycles. The lowest BCUT2D eigenvalue weighted by Gasteiger charge is -2.29. The zero-order chi connectivity index (χ0) is 20.6. The molecule has 2 aromatic rings. The van der Waals surface area contributed by atoms with Gasteiger partial charge in [0.1, 0.15) is 6.04 Å². The van der Waals surface area contributed by atoms with Crippen LogP contribution in [0.3, 0.4) is 0 Å². The predicted molar refractivity (Wildman–Crippen MR) is 117 cm³/mol. The lowest BCUT2D eigenvalue weighted by molar-refractivity contribution is -0.130. The fraction of sp³-hybridized carbons (Fsp3) is 0.440. The SMILES string of the molecule is CC(C)[C@H](NC(=O)C(c1ccccc1)c1ccccc1)C(=O)NC1CCCCC1. The van der Waals surface area contributed by atoms with Crippen LogP contribution in [-0.2, 0) is 9.59 Å². The van der Waals surface area contributed by atoms with Gasteiger partial charge in [0.2, 0.25) is 11.8 Å². The molecular formula is C25H32N2O2. The second-order valence-corrected chi connectivity index (χ2v) is 8.33. The van der Waals surface area contributed by atoms with Crippen molar-refractivity contribution in [2.24, 2.45) is 5.92 Å². The third-order valence-electron chi connectivity index (χ3n) is 5.73. The molecule has 1 aliphatic carbocycles. The van der Waals surface area contributed by atoms with E-state index in [1.165, 1.54) is 6.42 Å². The number of rotatable bonds is 7. The molecule has 4 nitrogen and oxygen atoms in total. The lowest BCUT2D eigenvalue weighted by atomic mass is 9.89. The van der Waals surface area contributed by atoms with Crippen molar-refractivity contribution in [2.75, 3.05) is 0 Å². The summed E-state index contributed by atoms with van der Waals surface area (Å²) in [7, 11) is 0. The lowest BCUT2D eigenvalue weighted by Crippen LogP contribution is -2.53. The third kappa shape index (κ3) is 5.69. The van der Waals surface area contributed by atoms with E-state index in [9.17, 15) is 9.59 Å². The maximum atomic E-state index is 13.4. The van der Waals surface area contributed by atoms with Gasteiger partial charge < -0.3 is 10.6 Å². The summed E-state index contributed by atoms with van der Waals surface area (Å²) in [5.41, 5.74) is 1.85. The summed E-state index contributed by atoms with van der Waals surface area (Å²) in [6, 6.07) is 19.2. The largest absolute Gasteiger partial charge is 0.352 e. The van der Waals surface area contributed by atoms with Gasteiger partial charge in [0.05, 0.1) is 5.92 Å². The molecule has 1 aliphatic rings. The number of carbonyl (C=O) groups is 2. The van der Waals surface area contributed by atoms with Crippen LogP contribution in [0.25, 0.3) is 0 Å². The number of amides is 2. The number of benzene rings is 2. The van der Waals surface area contributed by atoms with Gasteiger partial charge in [-0.1, -0.05) is 93.8 Å². The molecule has 2 amide bonds. The highest BCUT2D eigenvalue weighted by Gasteiger charge is 2.30. The van der Waals surface area contributed by atoms with Gasteiger partial charge in [-0.3, -0.25) is 9.59 Å². The Kier molecular flexibility index (Phi) is 7.45. The minimum Gasteiger partial charge on any atom is -0.352 e. The zero-order valence-corrected chi connectivity index (χ0v) is 17.4. The average molecular weight is 393 g/mol. The molecule has 154 valence electrons. The van der Waals surface area contributed by atoms with Gasteiger partial charge in [-0.05, 0) is 29.9 Å². The Balaban J connectivity index is 1.78. The predicted octanol–water partition coefficient (Wildman–Crippen LogP) is 4.41.